The average molecular weight is 257 g/mol. The van der Waals surface area contributed by atoms with Crippen LogP contribution in [0.25, 0.3) is 0 Å². The molecule has 0 aliphatic carbocycles. The van der Waals surface area contributed by atoms with Gasteiger partial charge in [0, 0.05) is 5.56 Å². The van der Waals surface area contributed by atoms with Crippen molar-refractivity contribution in [2.24, 2.45) is 0 Å². The Kier molecular flexibility index (Phi) is 3.79. The number of hydrogen-bond donors (Lipinski definition) is 1. The number of nitriles is 1. The number of nitrogens with zero attached hydrogens (tertiary/aromatic N) is 1. The molecule has 2 aromatic rings. The Hall–Kier alpha value is -2.38. The van der Waals surface area contributed by atoms with Crippen molar-refractivity contribution >= 4 is 0 Å². The van der Waals surface area contributed by atoms with Gasteiger partial charge < -0.3 is 9.84 Å². The van der Waals surface area contributed by atoms with E-state index in [2.05, 4.69) is 0 Å². The molecule has 0 spiro atoms. The van der Waals surface area contributed by atoms with Crippen LogP contribution in [-0.4, -0.2) is 5.11 Å². The van der Waals surface area contributed by atoms with Gasteiger partial charge in [-0.3, -0.25) is 0 Å². The fourth-order valence-electron chi connectivity index (χ4n) is 1.68. The summed E-state index contributed by atoms with van der Waals surface area (Å²) < 4.78 is 19.2. The third-order valence-corrected chi connectivity index (χ3v) is 2.65. The van der Waals surface area contributed by atoms with Gasteiger partial charge in [0.25, 0.3) is 0 Å². The fourth-order valence-corrected chi connectivity index (χ4v) is 1.68. The van der Waals surface area contributed by atoms with Gasteiger partial charge in [-0.05, 0) is 37.3 Å². The van der Waals surface area contributed by atoms with Crippen LogP contribution >= 0.6 is 0 Å². The largest absolute Gasteiger partial charge is 0.454 e. The summed E-state index contributed by atoms with van der Waals surface area (Å²) in [6, 6.07) is 12.7. The summed E-state index contributed by atoms with van der Waals surface area (Å²) in [6.07, 6.45) is -0.830. The van der Waals surface area contributed by atoms with Crippen LogP contribution in [-0.2, 0) is 0 Å². The number of aliphatic hydroxyl groups excluding tert-OH is 1. The summed E-state index contributed by atoms with van der Waals surface area (Å²) in [7, 11) is 0. The van der Waals surface area contributed by atoms with Gasteiger partial charge in [-0.2, -0.15) is 5.26 Å². The molecule has 2 aromatic carbocycles. The van der Waals surface area contributed by atoms with Gasteiger partial charge in [0.15, 0.2) is 11.6 Å². The number of ether oxygens (including phenoxy) is 1. The Bertz CT molecular complexity index is 615. The summed E-state index contributed by atoms with van der Waals surface area (Å²) in [5.74, 6) is -0.129. The maximum absolute atomic E-state index is 13.8. The van der Waals surface area contributed by atoms with E-state index in [1.54, 1.807) is 37.3 Å². The van der Waals surface area contributed by atoms with Gasteiger partial charge in [0.05, 0.1) is 17.7 Å². The van der Waals surface area contributed by atoms with Crippen LogP contribution in [0.4, 0.5) is 4.39 Å². The summed E-state index contributed by atoms with van der Waals surface area (Å²) >= 11 is 0. The van der Waals surface area contributed by atoms with Crippen molar-refractivity contribution in [1.82, 2.24) is 0 Å². The molecule has 0 saturated carbocycles. The Morgan fingerprint density at radius 2 is 1.89 bits per heavy atom. The van der Waals surface area contributed by atoms with Crippen molar-refractivity contribution in [3.8, 4) is 17.6 Å². The molecule has 96 valence electrons. The smallest absolute Gasteiger partial charge is 0.168 e. The molecule has 0 saturated heterocycles. The van der Waals surface area contributed by atoms with Crippen LogP contribution < -0.4 is 4.74 Å². The van der Waals surface area contributed by atoms with E-state index in [-0.39, 0.29) is 5.75 Å². The minimum atomic E-state index is -0.830. The molecule has 0 radical (unpaired) electrons. The number of rotatable bonds is 3. The maximum atomic E-state index is 13.8. The van der Waals surface area contributed by atoms with E-state index < -0.39 is 11.9 Å². The zero-order valence-corrected chi connectivity index (χ0v) is 10.3. The summed E-state index contributed by atoms with van der Waals surface area (Å²) in [4.78, 5) is 0. The molecule has 1 atom stereocenters. The Labute approximate surface area is 110 Å². The zero-order valence-electron chi connectivity index (χ0n) is 10.3. The molecule has 1 N–H and O–H groups in total. The monoisotopic (exact) mass is 257 g/mol. The average Bonchev–Trinajstić information content (AvgIpc) is 2.41. The highest BCUT2D eigenvalue weighted by molar-refractivity contribution is 5.42. The predicted molar refractivity (Wildman–Crippen MR) is 68.3 cm³/mol. The highest BCUT2D eigenvalue weighted by Gasteiger charge is 2.14. The minimum Gasteiger partial charge on any atom is -0.454 e. The number of para-hydroxylation sites is 1. The first-order chi connectivity index (χ1) is 9.11. The number of hydrogen-bond acceptors (Lipinski definition) is 3. The molecule has 0 heterocycles. The molecule has 1 unspecified atom stereocenters. The Morgan fingerprint density at radius 1 is 1.21 bits per heavy atom. The molecule has 2 rings (SSSR count). The van der Waals surface area contributed by atoms with Crippen molar-refractivity contribution in [3.05, 3.63) is 59.4 Å². The molecule has 19 heavy (non-hydrogen) atoms. The quantitative estimate of drug-likeness (QED) is 0.914. The number of aliphatic hydroxyl groups is 1. The van der Waals surface area contributed by atoms with E-state index >= 15 is 0 Å². The number of halogens is 1. The van der Waals surface area contributed by atoms with Crippen molar-refractivity contribution in [2.75, 3.05) is 0 Å². The highest BCUT2D eigenvalue weighted by Crippen LogP contribution is 2.32. The molecule has 3 nitrogen and oxygen atoms in total. The fraction of sp³-hybridized carbons (Fsp3) is 0.133. The normalized spacial score (nSPS) is 11.7. The van der Waals surface area contributed by atoms with Crippen LogP contribution in [0.15, 0.2) is 42.5 Å². The lowest BCUT2D eigenvalue weighted by atomic mass is 10.1. The molecular formula is C15H12FNO2. The van der Waals surface area contributed by atoms with Crippen molar-refractivity contribution in [1.29, 1.82) is 5.26 Å². The van der Waals surface area contributed by atoms with E-state index in [1.165, 1.54) is 12.1 Å². The van der Waals surface area contributed by atoms with Crippen molar-refractivity contribution < 1.29 is 14.2 Å². The lowest BCUT2D eigenvalue weighted by Crippen LogP contribution is -1.98. The van der Waals surface area contributed by atoms with Crippen LogP contribution in [0.2, 0.25) is 0 Å². The lowest BCUT2D eigenvalue weighted by Gasteiger charge is -2.13. The van der Waals surface area contributed by atoms with Gasteiger partial charge in [-0.15, -0.1) is 0 Å². The van der Waals surface area contributed by atoms with E-state index in [1.807, 2.05) is 6.07 Å². The topological polar surface area (TPSA) is 53.2 Å². The molecular weight excluding hydrogens is 245 g/mol. The van der Waals surface area contributed by atoms with Gasteiger partial charge in [0.2, 0.25) is 0 Å². The third-order valence-electron chi connectivity index (χ3n) is 2.65. The van der Waals surface area contributed by atoms with Crippen LogP contribution in [0.5, 0.6) is 11.5 Å². The van der Waals surface area contributed by atoms with Crippen LogP contribution in [0, 0.1) is 17.1 Å². The van der Waals surface area contributed by atoms with Gasteiger partial charge >= 0.3 is 0 Å². The summed E-state index contributed by atoms with van der Waals surface area (Å²) in [5, 5.41) is 18.3. The second-order valence-electron chi connectivity index (χ2n) is 4.07. The van der Waals surface area contributed by atoms with E-state index in [0.29, 0.717) is 16.9 Å². The summed E-state index contributed by atoms with van der Waals surface area (Å²) in [5.41, 5.74) is 0.876. The van der Waals surface area contributed by atoms with Crippen LogP contribution in [0.1, 0.15) is 24.2 Å². The standard InChI is InChI=1S/C15H12FNO2/c1-10(18)13-3-2-4-14(16)15(13)19-12-7-5-11(9-17)6-8-12/h2-8,10,18H,1H3. The zero-order chi connectivity index (χ0) is 13.8. The summed E-state index contributed by atoms with van der Waals surface area (Å²) in [6.45, 7) is 1.54. The highest BCUT2D eigenvalue weighted by atomic mass is 19.1. The molecule has 0 aliphatic heterocycles. The van der Waals surface area contributed by atoms with Crippen LogP contribution in [0.3, 0.4) is 0 Å². The second-order valence-corrected chi connectivity index (χ2v) is 4.07. The Balaban J connectivity index is 2.34. The van der Waals surface area contributed by atoms with E-state index in [4.69, 9.17) is 10.00 Å². The minimum absolute atomic E-state index is 0.00204. The van der Waals surface area contributed by atoms with E-state index in [0.717, 1.165) is 0 Å². The molecule has 0 fully saturated rings. The van der Waals surface area contributed by atoms with Gasteiger partial charge in [0.1, 0.15) is 5.75 Å². The first kappa shape index (κ1) is 13.1. The Morgan fingerprint density at radius 3 is 2.47 bits per heavy atom. The van der Waals surface area contributed by atoms with Crippen molar-refractivity contribution in [2.45, 2.75) is 13.0 Å². The lowest BCUT2D eigenvalue weighted by molar-refractivity contribution is 0.194. The first-order valence-electron chi connectivity index (χ1n) is 5.76. The van der Waals surface area contributed by atoms with Gasteiger partial charge in [-0.1, -0.05) is 12.1 Å². The first-order valence-corrected chi connectivity index (χ1v) is 5.76. The molecule has 0 amide bonds. The molecule has 0 bridgehead atoms. The predicted octanol–water partition coefficient (Wildman–Crippen LogP) is 3.54. The molecule has 0 aromatic heterocycles. The van der Waals surface area contributed by atoms with E-state index in [9.17, 15) is 9.50 Å². The second kappa shape index (κ2) is 5.51. The SMILES string of the molecule is CC(O)c1cccc(F)c1Oc1ccc(C#N)cc1. The molecule has 4 heteroatoms. The van der Waals surface area contributed by atoms with Crippen molar-refractivity contribution in [3.63, 3.8) is 0 Å². The maximum Gasteiger partial charge on any atom is 0.168 e. The van der Waals surface area contributed by atoms with Gasteiger partial charge in [-0.25, -0.2) is 4.39 Å². The number of benzene rings is 2. The molecule has 0 aliphatic rings. The third kappa shape index (κ3) is 2.90.